The van der Waals surface area contributed by atoms with Gasteiger partial charge in [0.05, 0.1) is 0 Å². The second-order valence-corrected chi connectivity index (χ2v) is 6.68. The van der Waals surface area contributed by atoms with Gasteiger partial charge in [-0.3, -0.25) is 0 Å². The highest BCUT2D eigenvalue weighted by Gasteiger charge is 2.11. The zero-order valence-corrected chi connectivity index (χ0v) is 13.5. The van der Waals surface area contributed by atoms with Crippen LogP contribution >= 0.6 is 23.1 Å². The van der Waals surface area contributed by atoms with Gasteiger partial charge >= 0.3 is 0 Å². The molecule has 0 fully saturated rings. The first-order chi connectivity index (χ1) is 10.3. The van der Waals surface area contributed by atoms with E-state index in [0.717, 1.165) is 5.75 Å². The van der Waals surface area contributed by atoms with Crippen molar-refractivity contribution >= 4 is 33.2 Å². The molecule has 2 aromatic carbocycles. The van der Waals surface area contributed by atoms with Crippen molar-refractivity contribution in [2.45, 2.75) is 18.0 Å². The molecule has 2 N–H and O–H groups in total. The van der Waals surface area contributed by atoms with Crippen molar-refractivity contribution < 1.29 is 4.74 Å². The molecule has 0 saturated carbocycles. The molecule has 3 rings (SSSR count). The summed E-state index contributed by atoms with van der Waals surface area (Å²) in [5.74, 6) is 0.894. The summed E-state index contributed by atoms with van der Waals surface area (Å²) in [7, 11) is 0. The Labute approximate surface area is 132 Å². The van der Waals surface area contributed by atoms with Crippen LogP contribution in [0.3, 0.4) is 0 Å². The molecule has 0 aliphatic carbocycles. The van der Waals surface area contributed by atoms with Crippen LogP contribution in [0.2, 0.25) is 0 Å². The smallest absolute Gasteiger partial charge is 0.119 e. The quantitative estimate of drug-likeness (QED) is 0.695. The van der Waals surface area contributed by atoms with Crippen molar-refractivity contribution in [3.05, 3.63) is 59.0 Å². The van der Waals surface area contributed by atoms with E-state index < -0.39 is 0 Å². The van der Waals surface area contributed by atoms with E-state index >= 15 is 0 Å². The second kappa shape index (κ2) is 6.52. The number of thioether (sulfide) groups is 1. The van der Waals surface area contributed by atoms with Gasteiger partial charge in [-0.1, -0.05) is 18.2 Å². The largest absolute Gasteiger partial charge is 0.489 e. The van der Waals surface area contributed by atoms with Crippen molar-refractivity contribution in [3.8, 4) is 5.75 Å². The second-order valence-electron chi connectivity index (χ2n) is 4.67. The number of fused-ring (bicyclic) bond motifs is 1. The third kappa shape index (κ3) is 3.07. The number of ether oxygens (including phenoxy) is 1. The number of rotatable bonds is 5. The summed E-state index contributed by atoms with van der Waals surface area (Å²) < 4.78 is 7.21. The maximum absolute atomic E-state index is 5.94. The van der Waals surface area contributed by atoms with E-state index in [0.29, 0.717) is 13.2 Å². The molecule has 0 radical (unpaired) electrons. The first kappa shape index (κ1) is 14.4. The molecule has 0 atom stereocenters. The van der Waals surface area contributed by atoms with Gasteiger partial charge < -0.3 is 10.5 Å². The number of hydrogen-bond donors (Lipinski definition) is 1. The number of thiophene rings is 1. The Bertz CT molecular complexity index is 734. The highest BCUT2D eigenvalue weighted by atomic mass is 32.2. The molecular weight excluding hydrogens is 298 g/mol. The van der Waals surface area contributed by atoms with Crippen molar-refractivity contribution in [2.75, 3.05) is 6.26 Å². The van der Waals surface area contributed by atoms with Crippen LogP contribution < -0.4 is 10.5 Å². The van der Waals surface area contributed by atoms with Crippen LogP contribution in [0.1, 0.15) is 10.4 Å². The van der Waals surface area contributed by atoms with E-state index in [1.165, 1.54) is 25.4 Å². The third-order valence-electron chi connectivity index (χ3n) is 3.41. The summed E-state index contributed by atoms with van der Waals surface area (Å²) in [5.41, 5.74) is 7.09. The molecule has 0 amide bonds. The molecule has 0 unspecified atom stereocenters. The predicted molar refractivity (Wildman–Crippen MR) is 92.3 cm³/mol. The lowest BCUT2D eigenvalue weighted by Gasteiger charge is -2.08. The lowest BCUT2D eigenvalue weighted by Crippen LogP contribution is -2.01. The molecule has 1 aromatic heterocycles. The van der Waals surface area contributed by atoms with E-state index in [4.69, 9.17) is 10.5 Å². The average Bonchev–Trinajstić information content (AvgIpc) is 2.91. The number of nitrogens with two attached hydrogens (primary N) is 1. The third-order valence-corrected chi connectivity index (χ3v) is 5.39. The van der Waals surface area contributed by atoms with Gasteiger partial charge in [-0.05, 0) is 42.0 Å². The molecule has 3 aromatic rings. The maximum atomic E-state index is 5.94. The summed E-state index contributed by atoms with van der Waals surface area (Å²) in [5, 5.41) is 1.25. The summed E-state index contributed by atoms with van der Waals surface area (Å²) in [6.07, 6.45) is 2.07. The molecule has 0 aliphatic heterocycles. The van der Waals surface area contributed by atoms with Gasteiger partial charge in [0.1, 0.15) is 12.4 Å². The van der Waals surface area contributed by atoms with Gasteiger partial charge in [0.25, 0.3) is 0 Å². The minimum Gasteiger partial charge on any atom is -0.489 e. The van der Waals surface area contributed by atoms with Crippen molar-refractivity contribution in [1.82, 2.24) is 0 Å². The Kier molecular flexibility index (Phi) is 4.48. The molecule has 0 saturated heterocycles. The fourth-order valence-electron chi connectivity index (χ4n) is 2.30. The Morgan fingerprint density at radius 2 is 1.86 bits per heavy atom. The normalized spacial score (nSPS) is 11.0. The van der Waals surface area contributed by atoms with Crippen molar-refractivity contribution in [1.29, 1.82) is 0 Å². The van der Waals surface area contributed by atoms with Crippen LogP contribution in [-0.2, 0) is 13.2 Å². The first-order valence-corrected chi connectivity index (χ1v) is 8.82. The van der Waals surface area contributed by atoms with Crippen molar-refractivity contribution in [2.24, 2.45) is 5.73 Å². The van der Waals surface area contributed by atoms with Gasteiger partial charge in [0.2, 0.25) is 0 Å². The van der Waals surface area contributed by atoms with Crippen LogP contribution in [0.15, 0.2) is 53.4 Å². The molecule has 0 bridgehead atoms. The molecule has 21 heavy (non-hydrogen) atoms. The van der Waals surface area contributed by atoms with E-state index in [9.17, 15) is 0 Å². The van der Waals surface area contributed by atoms with Crippen LogP contribution in [0.25, 0.3) is 10.1 Å². The molecule has 0 spiro atoms. The molecule has 2 nitrogen and oxygen atoms in total. The van der Waals surface area contributed by atoms with Crippen LogP contribution in [0.5, 0.6) is 5.75 Å². The highest BCUT2D eigenvalue weighted by Crippen LogP contribution is 2.32. The topological polar surface area (TPSA) is 35.2 Å². The summed E-state index contributed by atoms with van der Waals surface area (Å²) in [4.78, 5) is 2.45. The number of benzene rings is 2. The van der Waals surface area contributed by atoms with Gasteiger partial charge in [0.15, 0.2) is 0 Å². The fourth-order valence-corrected chi connectivity index (χ4v) is 3.80. The molecular formula is C17H17NOS2. The Hall–Kier alpha value is -1.49. The molecule has 0 aliphatic rings. The van der Waals surface area contributed by atoms with Crippen molar-refractivity contribution in [3.63, 3.8) is 0 Å². The minimum absolute atomic E-state index is 0.559. The zero-order valence-electron chi connectivity index (χ0n) is 11.8. The molecule has 1 heterocycles. The van der Waals surface area contributed by atoms with Crippen LogP contribution in [-0.4, -0.2) is 6.26 Å². The molecule has 108 valence electrons. The monoisotopic (exact) mass is 315 g/mol. The predicted octanol–water partition coefficient (Wildman–Crippen LogP) is 4.66. The van der Waals surface area contributed by atoms with E-state index in [-0.39, 0.29) is 0 Å². The van der Waals surface area contributed by atoms with E-state index in [1.807, 2.05) is 12.1 Å². The first-order valence-electron chi connectivity index (χ1n) is 6.78. The van der Waals surface area contributed by atoms with Gasteiger partial charge in [-0.15, -0.1) is 23.1 Å². The summed E-state index contributed by atoms with van der Waals surface area (Å²) >= 11 is 3.49. The zero-order chi connectivity index (χ0) is 14.7. The Balaban J connectivity index is 1.83. The lowest BCUT2D eigenvalue weighted by molar-refractivity contribution is 0.307. The standard InChI is InChI=1S/C17H17NOS2/c1-20-13-8-6-12(7-9-13)19-11-15-14-4-2-3-5-16(14)21-17(15)10-18/h2-9H,10-11,18H2,1H3. The molecule has 4 heteroatoms. The average molecular weight is 315 g/mol. The van der Waals surface area contributed by atoms with E-state index in [1.54, 1.807) is 23.1 Å². The summed E-state index contributed by atoms with van der Waals surface area (Å²) in [6.45, 7) is 1.12. The van der Waals surface area contributed by atoms with Gasteiger partial charge in [-0.2, -0.15) is 0 Å². The van der Waals surface area contributed by atoms with Gasteiger partial charge in [0, 0.05) is 26.6 Å². The lowest BCUT2D eigenvalue weighted by atomic mass is 10.1. The fraction of sp³-hybridized carbons (Fsp3) is 0.176. The SMILES string of the molecule is CSc1ccc(OCc2c(CN)sc3ccccc23)cc1. The van der Waals surface area contributed by atoms with E-state index in [2.05, 4.69) is 42.7 Å². The van der Waals surface area contributed by atoms with Crippen LogP contribution in [0.4, 0.5) is 0 Å². The van der Waals surface area contributed by atoms with Gasteiger partial charge in [-0.25, -0.2) is 0 Å². The highest BCUT2D eigenvalue weighted by molar-refractivity contribution is 7.98. The Morgan fingerprint density at radius 3 is 2.57 bits per heavy atom. The van der Waals surface area contributed by atoms with Crippen LogP contribution in [0, 0.1) is 0 Å². The number of hydrogen-bond acceptors (Lipinski definition) is 4. The minimum atomic E-state index is 0.559. The Morgan fingerprint density at radius 1 is 1.10 bits per heavy atom. The summed E-state index contributed by atoms with van der Waals surface area (Å²) in [6, 6.07) is 16.6. The maximum Gasteiger partial charge on any atom is 0.119 e.